The van der Waals surface area contributed by atoms with Gasteiger partial charge in [-0.05, 0) is 18.6 Å². The van der Waals surface area contributed by atoms with Crippen LogP contribution in [0.5, 0.6) is 5.75 Å². The van der Waals surface area contributed by atoms with Crippen molar-refractivity contribution in [2.24, 2.45) is 0 Å². The van der Waals surface area contributed by atoms with E-state index in [1.54, 1.807) is 12.1 Å². The summed E-state index contributed by atoms with van der Waals surface area (Å²) in [5, 5.41) is 21.6. The Bertz CT molecular complexity index is 345. The van der Waals surface area contributed by atoms with Crippen molar-refractivity contribution in [3.63, 3.8) is 0 Å². The monoisotopic (exact) mass is 257 g/mol. The third-order valence-corrected chi connectivity index (χ3v) is 2.62. The molecule has 3 N–H and O–H groups in total. The molecular formula is C13H20FNO3. The molecule has 102 valence electrons. The number of nitrogens with one attached hydrogen (secondary N) is 1. The first-order valence-electron chi connectivity index (χ1n) is 6.07. The zero-order chi connectivity index (χ0) is 13.4. The lowest BCUT2D eigenvalue weighted by Crippen LogP contribution is -2.39. The summed E-state index contributed by atoms with van der Waals surface area (Å²) in [7, 11) is 0. The summed E-state index contributed by atoms with van der Waals surface area (Å²) in [4.78, 5) is 0. The quantitative estimate of drug-likeness (QED) is 0.648. The molecule has 18 heavy (non-hydrogen) atoms. The molecule has 0 heterocycles. The van der Waals surface area contributed by atoms with Gasteiger partial charge in [-0.1, -0.05) is 19.1 Å². The molecule has 1 rings (SSSR count). The Hall–Kier alpha value is -1.17. The van der Waals surface area contributed by atoms with Crippen molar-refractivity contribution in [3.8, 4) is 5.75 Å². The van der Waals surface area contributed by atoms with Gasteiger partial charge in [0.1, 0.15) is 12.7 Å². The van der Waals surface area contributed by atoms with Crippen LogP contribution in [0, 0.1) is 5.82 Å². The maximum Gasteiger partial charge on any atom is 0.165 e. The van der Waals surface area contributed by atoms with E-state index in [-0.39, 0.29) is 25.0 Å². The second-order valence-electron chi connectivity index (χ2n) is 4.09. The van der Waals surface area contributed by atoms with E-state index < -0.39 is 11.9 Å². The first kappa shape index (κ1) is 14.9. The molecule has 0 saturated heterocycles. The van der Waals surface area contributed by atoms with Gasteiger partial charge in [-0.2, -0.15) is 0 Å². The summed E-state index contributed by atoms with van der Waals surface area (Å²) in [6.45, 7) is 2.27. The van der Waals surface area contributed by atoms with Crippen LogP contribution in [0.2, 0.25) is 0 Å². The third kappa shape index (κ3) is 5.00. The van der Waals surface area contributed by atoms with Gasteiger partial charge in [-0.15, -0.1) is 0 Å². The van der Waals surface area contributed by atoms with Crippen molar-refractivity contribution >= 4 is 0 Å². The minimum absolute atomic E-state index is 0.00972. The molecule has 0 fully saturated rings. The Morgan fingerprint density at radius 2 is 2.11 bits per heavy atom. The van der Waals surface area contributed by atoms with E-state index in [2.05, 4.69) is 5.32 Å². The Morgan fingerprint density at radius 3 is 2.72 bits per heavy atom. The minimum Gasteiger partial charge on any atom is -0.488 e. The van der Waals surface area contributed by atoms with Gasteiger partial charge in [-0.25, -0.2) is 4.39 Å². The molecule has 5 heteroatoms. The highest BCUT2D eigenvalue weighted by Crippen LogP contribution is 2.15. The topological polar surface area (TPSA) is 61.7 Å². The van der Waals surface area contributed by atoms with E-state index in [0.717, 1.165) is 6.42 Å². The summed E-state index contributed by atoms with van der Waals surface area (Å²) in [5.41, 5.74) is 0. The fourth-order valence-corrected chi connectivity index (χ4v) is 1.45. The lowest BCUT2D eigenvalue weighted by atomic mass is 10.2. The van der Waals surface area contributed by atoms with Crippen LogP contribution in [0.25, 0.3) is 0 Å². The lowest BCUT2D eigenvalue weighted by Gasteiger charge is -2.17. The molecule has 0 amide bonds. The van der Waals surface area contributed by atoms with Gasteiger partial charge in [0.2, 0.25) is 0 Å². The van der Waals surface area contributed by atoms with Gasteiger partial charge in [0.15, 0.2) is 11.6 Å². The SMILES string of the molecule is CCC(CO)NCC(O)COc1ccccc1F. The van der Waals surface area contributed by atoms with Crippen LogP contribution in [-0.2, 0) is 0 Å². The zero-order valence-corrected chi connectivity index (χ0v) is 10.5. The number of aliphatic hydroxyl groups excluding tert-OH is 2. The van der Waals surface area contributed by atoms with Crippen LogP contribution in [0.4, 0.5) is 4.39 Å². The minimum atomic E-state index is -0.745. The van der Waals surface area contributed by atoms with Crippen LogP contribution < -0.4 is 10.1 Å². The first-order chi connectivity index (χ1) is 8.67. The molecule has 2 unspecified atom stereocenters. The van der Waals surface area contributed by atoms with Crippen molar-refractivity contribution in [1.82, 2.24) is 5.32 Å². The molecular weight excluding hydrogens is 237 g/mol. The number of hydrogen-bond donors (Lipinski definition) is 3. The van der Waals surface area contributed by atoms with Crippen molar-refractivity contribution in [2.75, 3.05) is 19.8 Å². The summed E-state index contributed by atoms with van der Waals surface area (Å²) < 4.78 is 18.4. The third-order valence-electron chi connectivity index (χ3n) is 2.62. The van der Waals surface area contributed by atoms with Gasteiger partial charge in [0.05, 0.1) is 6.61 Å². The Balaban J connectivity index is 2.29. The smallest absolute Gasteiger partial charge is 0.165 e. The van der Waals surface area contributed by atoms with Crippen molar-refractivity contribution in [3.05, 3.63) is 30.1 Å². The Labute approximate surface area is 106 Å². The molecule has 0 aliphatic rings. The molecule has 1 aromatic rings. The largest absolute Gasteiger partial charge is 0.488 e. The summed E-state index contributed by atoms with van der Waals surface area (Å²) in [6, 6.07) is 6.03. The second kappa shape index (κ2) is 8.02. The molecule has 0 aromatic heterocycles. The van der Waals surface area contributed by atoms with Gasteiger partial charge < -0.3 is 20.3 Å². The van der Waals surface area contributed by atoms with Crippen LogP contribution in [0.1, 0.15) is 13.3 Å². The average Bonchev–Trinajstić information content (AvgIpc) is 2.39. The fraction of sp³-hybridized carbons (Fsp3) is 0.538. The summed E-state index contributed by atoms with van der Waals surface area (Å²) in [6.07, 6.45) is 0.0300. The number of ether oxygens (including phenoxy) is 1. The van der Waals surface area contributed by atoms with Crippen molar-refractivity contribution in [2.45, 2.75) is 25.5 Å². The second-order valence-corrected chi connectivity index (χ2v) is 4.09. The van der Waals surface area contributed by atoms with E-state index in [4.69, 9.17) is 9.84 Å². The molecule has 4 nitrogen and oxygen atoms in total. The van der Waals surface area contributed by atoms with Crippen LogP contribution in [0.3, 0.4) is 0 Å². The predicted octanol–water partition coefficient (Wildman–Crippen LogP) is 0.926. The normalized spacial score (nSPS) is 14.2. The average molecular weight is 257 g/mol. The Morgan fingerprint density at radius 1 is 1.39 bits per heavy atom. The van der Waals surface area contributed by atoms with Crippen LogP contribution >= 0.6 is 0 Å². The van der Waals surface area contributed by atoms with Crippen molar-refractivity contribution in [1.29, 1.82) is 0 Å². The van der Waals surface area contributed by atoms with E-state index in [1.807, 2.05) is 6.92 Å². The van der Waals surface area contributed by atoms with Crippen LogP contribution in [-0.4, -0.2) is 42.1 Å². The maximum absolute atomic E-state index is 13.2. The number of halogens is 1. The highest BCUT2D eigenvalue weighted by atomic mass is 19.1. The van der Waals surface area contributed by atoms with E-state index in [9.17, 15) is 9.50 Å². The fourth-order valence-electron chi connectivity index (χ4n) is 1.45. The van der Waals surface area contributed by atoms with Gasteiger partial charge in [-0.3, -0.25) is 0 Å². The maximum atomic E-state index is 13.2. The number of hydrogen-bond acceptors (Lipinski definition) is 4. The van der Waals surface area contributed by atoms with Crippen LogP contribution in [0.15, 0.2) is 24.3 Å². The zero-order valence-electron chi connectivity index (χ0n) is 10.5. The molecule has 0 saturated carbocycles. The summed E-state index contributed by atoms with van der Waals surface area (Å²) in [5.74, 6) is -0.315. The number of para-hydroxylation sites is 1. The molecule has 0 spiro atoms. The molecule has 1 aromatic carbocycles. The van der Waals surface area contributed by atoms with Gasteiger partial charge in [0.25, 0.3) is 0 Å². The first-order valence-corrected chi connectivity index (χ1v) is 6.07. The predicted molar refractivity (Wildman–Crippen MR) is 67.1 cm³/mol. The molecule has 0 bridgehead atoms. The number of rotatable bonds is 8. The highest BCUT2D eigenvalue weighted by molar-refractivity contribution is 5.23. The van der Waals surface area contributed by atoms with E-state index >= 15 is 0 Å². The highest BCUT2D eigenvalue weighted by Gasteiger charge is 2.10. The molecule has 0 aliphatic heterocycles. The molecule has 2 atom stereocenters. The molecule has 0 radical (unpaired) electrons. The Kier molecular flexibility index (Phi) is 6.64. The van der Waals surface area contributed by atoms with Gasteiger partial charge in [0, 0.05) is 12.6 Å². The van der Waals surface area contributed by atoms with E-state index in [0.29, 0.717) is 6.54 Å². The standard InChI is InChI=1S/C13H20FNO3/c1-2-10(8-16)15-7-11(17)9-18-13-6-4-3-5-12(13)14/h3-6,10-11,15-17H,2,7-9H2,1H3. The van der Waals surface area contributed by atoms with E-state index in [1.165, 1.54) is 12.1 Å². The lowest BCUT2D eigenvalue weighted by molar-refractivity contribution is 0.0975. The number of benzene rings is 1. The molecule has 0 aliphatic carbocycles. The summed E-state index contributed by atoms with van der Waals surface area (Å²) >= 11 is 0. The number of aliphatic hydroxyl groups is 2. The van der Waals surface area contributed by atoms with Gasteiger partial charge >= 0.3 is 0 Å². The van der Waals surface area contributed by atoms with Crippen molar-refractivity contribution < 1.29 is 19.3 Å².